The molecule has 36 heavy (non-hydrogen) atoms. The number of rotatable bonds is 4. The minimum atomic E-state index is -1.11. The molecule has 5 nitrogen and oxygen atoms in total. The molecule has 0 aromatic heterocycles. The molecular weight excluding hydrogens is 448 g/mol. The molecule has 3 atom stereocenters. The third-order valence-electron chi connectivity index (χ3n) is 8.70. The lowest BCUT2D eigenvalue weighted by Crippen LogP contribution is -2.49. The Morgan fingerprint density at radius 1 is 1.11 bits per heavy atom. The van der Waals surface area contributed by atoms with Crippen molar-refractivity contribution in [3.8, 4) is 5.75 Å². The predicted octanol–water partition coefficient (Wildman–Crippen LogP) is 5.55. The zero-order valence-corrected chi connectivity index (χ0v) is 21.2. The van der Waals surface area contributed by atoms with Gasteiger partial charge in [0.25, 0.3) is 0 Å². The number of benzene rings is 2. The van der Waals surface area contributed by atoms with Crippen LogP contribution in [0.3, 0.4) is 0 Å². The number of carboxylic acids is 1. The van der Waals surface area contributed by atoms with E-state index in [-0.39, 0.29) is 16.7 Å². The fourth-order valence-corrected chi connectivity index (χ4v) is 6.58. The molecular formula is C31H36N2O3. The molecule has 5 bridgehead atoms. The summed E-state index contributed by atoms with van der Waals surface area (Å²) >= 11 is 0. The predicted molar refractivity (Wildman–Crippen MR) is 143 cm³/mol. The van der Waals surface area contributed by atoms with Crippen molar-refractivity contribution in [2.45, 2.75) is 45.6 Å². The average Bonchev–Trinajstić information content (AvgIpc) is 3.22. The molecule has 2 aliphatic carbocycles. The number of hydrogen-bond acceptors (Lipinski definition) is 4. The van der Waals surface area contributed by atoms with Gasteiger partial charge in [0.1, 0.15) is 11.3 Å². The molecule has 2 aliphatic heterocycles. The van der Waals surface area contributed by atoms with E-state index in [1.165, 1.54) is 37.0 Å². The Kier molecular flexibility index (Phi) is 6.76. The SMILES string of the molecule is CC1C2CC3=C(CCC4=C3C=CCNCC41C)N2CCc1ccccc1.O=C(O)c1ccccc1O. The average molecular weight is 485 g/mol. The van der Waals surface area contributed by atoms with E-state index in [9.17, 15) is 4.79 Å². The smallest absolute Gasteiger partial charge is 0.339 e. The van der Waals surface area contributed by atoms with Crippen LogP contribution in [0.2, 0.25) is 0 Å². The quantitative estimate of drug-likeness (QED) is 0.530. The molecule has 2 aromatic carbocycles. The summed E-state index contributed by atoms with van der Waals surface area (Å²) in [6.07, 6.45) is 9.67. The Morgan fingerprint density at radius 3 is 2.58 bits per heavy atom. The van der Waals surface area contributed by atoms with E-state index in [0.717, 1.165) is 26.1 Å². The van der Waals surface area contributed by atoms with Gasteiger partial charge in [-0.25, -0.2) is 4.79 Å². The molecule has 5 heteroatoms. The van der Waals surface area contributed by atoms with Crippen molar-refractivity contribution in [3.05, 3.63) is 100 Å². The van der Waals surface area contributed by atoms with Crippen molar-refractivity contribution in [1.82, 2.24) is 10.2 Å². The van der Waals surface area contributed by atoms with Crippen LogP contribution in [0.1, 0.15) is 49.0 Å². The maximum absolute atomic E-state index is 10.3. The van der Waals surface area contributed by atoms with Gasteiger partial charge >= 0.3 is 5.97 Å². The number of carboxylic acid groups (broad SMARTS) is 1. The van der Waals surface area contributed by atoms with Gasteiger partial charge in [-0.15, -0.1) is 0 Å². The number of allylic oxidation sites excluding steroid dienone is 3. The number of para-hydroxylation sites is 1. The minimum Gasteiger partial charge on any atom is -0.507 e. The first kappa shape index (κ1) is 24.4. The number of aromatic hydroxyl groups is 1. The molecule has 3 unspecified atom stereocenters. The summed E-state index contributed by atoms with van der Waals surface area (Å²) in [5, 5.41) is 21.0. The molecule has 0 amide bonds. The van der Waals surface area contributed by atoms with Crippen molar-refractivity contribution in [3.63, 3.8) is 0 Å². The zero-order chi connectivity index (χ0) is 25.3. The molecule has 2 aromatic rings. The maximum Gasteiger partial charge on any atom is 0.339 e. The Bertz CT molecular complexity index is 1230. The van der Waals surface area contributed by atoms with Gasteiger partial charge in [0.2, 0.25) is 0 Å². The van der Waals surface area contributed by atoms with Crippen molar-refractivity contribution < 1.29 is 15.0 Å². The van der Waals surface area contributed by atoms with E-state index in [4.69, 9.17) is 10.2 Å². The van der Waals surface area contributed by atoms with Crippen LogP contribution in [-0.2, 0) is 6.42 Å². The monoisotopic (exact) mass is 484 g/mol. The van der Waals surface area contributed by atoms with Crippen molar-refractivity contribution >= 4 is 5.97 Å². The van der Waals surface area contributed by atoms with Gasteiger partial charge in [-0.05, 0) is 60.4 Å². The van der Waals surface area contributed by atoms with Crippen LogP contribution in [0, 0.1) is 11.3 Å². The number of aromatic carboxylic acids is 1. The summed E-state index contributed by atoms with van der Waals surface area (Å²) in [5.74, 6) is -0.634. The fourth-order valence-electron chi connectivity index (χ4n) is 6.58. The second kappa shape index (κ2) is 9.98. The van der Waals surface area contributed by atoms with Crippen LogP contribution in [0.5, 0.6) is 5.75 Å². The first-order chi connectivity index (χ1) is 17.4. The summed E-state index contributed by atoms with van der Waals surface area (Å²) in [4.78, 5) is 13.1. The highest BCUT2D eigenvalue weighted by atomic mass is 16.4. The zero-order valence-electron chi connectivity index (χ0n) is 21.2. The van der Waals surface area contributed by atoms with Crippen LogP contribution < -0.4 is 5.32 Å². The van der Waals surface area contributed by atoms with Gasteiger partial charge in [-0.2, -0.15) is 0 Å². The van der Waals surface area contributed by atoms with Crippen molar-refractivity contribution in [2.24, 2.45) is 11.3 Å². The van der Waals surface area contributed by atoms with Crippen molar-refractivity contribution in [2.75, 3.05) is 19.6 Å². The Labute approximate surface area is 213 Å². The molecule has 0 fully saturated rings. The topological polar surface area (TPSA) is 72.8 Å². The lowest BCUT2D eigenvalue weighted by atomic mass is 9.65. The standard InChI is InChI=1S/C24H30N2.C7H6O3/c1-17-23-15-20-19-9-6-13-25-16-24(17,2)21(19)10-11-22(20)26(23)14-12-18-7-4-3-5-8-18;8-6-4-2-1-3-5(6)7(9)10/h3-9,17,23,25H,10-16H2,1-2H3;1-4,8H,(H,9,10). The normalized spacial score (nSPS) is 26.2. The first-order valence-corrected chi connectivity index (χ1v) is 13.1. The molecule has 0 radical (unpaired) electrons. The Hall–Kier alpha value is -3.31. The lowest BCUT2D eigenvalue weighted by molar-refractivity contribution is 0.0693. The minimum absolute atomic E-state index is 0.0671. The molecule has 2 heterocycles. The van der Waals surface area contributed by atoms with E-state index < -0.39 is 5.97 Å². The third kappa shape index (κ3) is 4.37. The number of phenols is 1. The summed E-state index contributed by atoms with van der Waals surface area (Å²) in [7, 11) is 0. The molecule has 4 aliphatic rings. The summed E-state index contributed by atoms with van der Waals surface area (Å²) in [6.45, 7) is 8.32. The van der Waals surface area contributed by atoms with E-state index in [1.807, 2.05) is 0 Å². The van der Waals surface area contributed by atoms with Gasteiger partial charge in [0.15, 0.2) is 0 Å². The maximum atomic E-state index is 10.3. The largest absolute Gasteiger partial charge is 0.507 e. The van der Waals surface area contributed by atoms with Gasteiger partial charge in [-0.3, -0.25) is 0 Å². The number of nitrogens with one attached hydrogen (secondary N) is 1. The highest BCUT2D eigenvalue weighted by Gasteiger charge is 2.50. The number of carbonyl (C=O) groups is 1. The number of fused-ring (bicyclic) bond motifs is 1. The number of nitrogens with zero attached hydrogens (tertiary/aromatic N) is 1. The Morgan fingerprint density at radius 2 is 1.86 bits per heavy atom. The summed E-state index contributed by atoms with van der Waals surface area (Å²) < 4.78 is 0. The van der Waals surface area contributed by atoms with Gasteiger partial charge < -0.3 is 20.4 Å². The third-order valence-corrected chi connectivity index (χ3v) is 8.70. The Balaban J connectivity index is 0.000000226. The molecule has 0 saturated heterocycles. The van der Waals surface area contributed by atoms with E-state index in [0.29, 0.717) is 12.0 Å². The second-order valence-corrected chi connectivity index (χ2v) is 10.6. The van der Waals surface area contributed by atoms with Crippen LogP contribution in [0.25, 0.3) is 0 Å². The lowest BCUT2D eigenvalue weighted by Gasteiger charge is -2.48. The highest BCUT2D eigenvalue weighted by molar-refractivity contribution is 5.90. The molecule has 3 N–H and O–H groups in total. The van der Waals surface area contributed by atoms with Crippen LogP contribution in [0.15, 0.2) is 89.2 Å². The first-order valence-electron chi connectivity index (χ1n) is 13.1. The van der Waals surface area contributed by atoms with E-state index >= 15 is 0 Å². The number of likely N-dealkylation sites (tertiary alicyclic amines) is 1. The summed E-state index contributed by atoms with van der Waals surface area (Å²) in [5.41, 5.74) is 8.35. The van der Waals surface area contributed by atoms with Crippen LogP contribution in [0.4, 0.5) is 0 Å². The van der Waals surface area contributed by atoms with Gasteiger partial charge in [0.05, 0.1) is 0 Å². The molecule has 188 valence electrons. The van der Waals surface area contributed by atoms with Gasteiger partial charge in [-0.1, -0.05) is 74.0 Å². The molecule has 6 rings (SSSR count). The van der Waals surface area contributed by atoms with Crippen molar-refractivity contribution in [1.29, 1.82) is 0 Å². The van der Waals surface area contributed by atoms with E-state index in [2.05, 4.69) is 66.5 Å². The van der Waals surface area contributed by atoms with E-state index in [1.54, 1.807) is 34.5 Å². The summed E-state index contributed by atoms with van der Waals surface area (Å²) in [6, 6.07) is 17.5. The number of hydrogen-bond donors (Lipinski definition) is 3. The van der Waals surface area contributed by atoms with Crippen LogP contribution >= 0.6 is 0 Å². The molecule has 0 saturated carbocycles. The highest BCUT2D eigenvalue weighted by Crippen LogP contribution is 2.56. The molecule has 0 spiro atoms. The van der Waals surface area contributed by atoms with Gasteiger partial charge in [0, 0.05) is 36.8 Å². The second-order valence-electron chi connectivity index (χ2n) is 10.6. The fraction of sp³-hybridized carbons (Fsp3) is 0.387. The van der Waals surface area contributed by atoms with Crippen LogP contribution in [-0.4, -0.2) is 46.8 Å².